The van der Waals surface area contributed by atoms with Crippen LogP contribution < -0.4 is 5.32 Å². The lowest BCUT2D eigenvalue weighted by atomic mass is 9.95. The molecule has 0 radical (unpaired) electrons. The maximum atomic E-state index is 13.1. The van der Waals surface area contributed by atoms with Gasteiger partial charge in [-0.1, -0.05) is 25.4 Å². The molecule has 1 aliphatic rings. The summed E-state index contributed by atoms with van der Waals surface area (Å²) >= 11 is 6.39. The molecule has 3 N–H and O–H groups in total. The molecule has 4 rings (SSSR count). The average Bonchev–Trinajstić information content (AvgIpc) is 3.13. The second kappa shape index (κ2) is 7.48. The van der Waals surface area contributed by atoms with Crippen molar-refractivity contribution in [3.63, 3.8) is 0 Å². The number of nitriles is 1. The third kappa shape index (κ3) is 3.36. The number of H-pyrrole nitrogens is 1. The van der Waals surface area contributed by atoms with Gasteiger partial charge < -0.3 is 15.4 Å². The highest BCUT2D eigenvalue weighted by Gasteiger charge is 2.38. The van der Waals surface area contributed by atoms with E-state index in [-0.39, 0.29) is 11.8 Å². The molecule has 29 heavy (non-hydrogen) atoms. The smallest absolute Gasteiger partial charge is 0.242 e. The van der Waals surface area contributed by atoms with E-state index in [1.807, 2.05) is 13.8 Å². The molecule has 8 heteroatoms. The van der Waals surface area contributed by atoms with Crippen molar-refractivity contribution in [1.82, 2.24) is 14.9 Å². The number of aromatic amines is 1. The fraction of sp³-hybridized carbons (Fsp3) is 0.286. The number of anilines is 1. The van der Waals surface area contributed by atoms with E-state index in [9.17, 15) is 9.90 Å². The molecule has 2 unspecified atom stereocenters. The van der Waals surface area contributed by atoms with E-state index in [0.29, 0.717) is 34.0 Å². The van der Waals surface area contributed by atoms with Gasteiger partial charge in [-0.2, -0.15) is 5.26 Å². The molecule has 2 atom stereocenters. The number of carbonyl (C=O) groups is 1. The van der Waals surface area contributed by atoms with Crippen molar-refractivity contribution in [3.05, 3.63) is 58.4 Å². The number of nitrogens with one attached hydrogen (secondary N) is 2. The Morgan fingerprint density at radius 1 is 1.41 bits per heavy atom. The van der Waals surface area contributed by atoms with Gasteiger partial charge in [0.05, 0.1) is 22.7 Å². The van der Waals surface area contributed by atoms with E-state index in [1.54, 1.807) is 41.6 Å². The van der Waals surface area contributed by atoms with Crippen LogP contribution in [-0.2, 0) is 11.3 Å². The number of carbonyl (C=O) groups excluding carboxylic acids is 1. The molecule has 0 saturated heterocycles. The van der Waals surface area contributed by atoms with Gasteiger partial charge in [0, 0.05) is 35.6 Å². The van der Waals surface area contributed by atoms with E-state index in [0.717, 1.165) is 10.9 Å². The van der Waals surface area contributed by atoms with Crippen LogP contribution >= 0.6 is 11.6 Å². The summed E-state index contributed by atoms with van der Waals surface area (Å²) in [6.07, 6.45) is 2.33. The number of rotatable bonds is 4. The summed E-state index contributed by atoms with van der Waals surface area (Å²) in [5.74, 6) is -0.302. The minimum atomic E-state index is -0.962. The molecular formula is C21H20ClN5O2. The molecule has 0 saturated carbocycles. The summed E-state index contributed by atoms with van der Waals surface area (Å²) in [6.45, 7) is 4.20. The van der Waals surface area contributed by atoms with Crippen LogP contribution in [-0.4, -0.2) is 31.9 Å². The molecule has 0 bridgehead atoms. The Labute approximate surface area is 172 Å². The summed E-state index contributed by atoms with van der Waals surface area (Å²) in [4.78, 5) is 22.2. The van der Waals surface area contributed by atoms with Crippen LogP contribution in [0.25, 0.3) is 11.0 Å². The zero-order valence-corrected chi connectivity index (χ0v) is 16.7. The first-order valence-corrected chi connectivity index (χ1v) is 9.67. The molecule has 1 aliphatic heterocycles. The van der Waals surface area contributed by atoms with Gasteiger partial charge in [-0.25, -0.2) is 4.98 Å². The maximum absolute atomic E-state index is 13.1. The predicted molar refractivity (Wildman–Crippen MR) is 110 cm³/mol. The first-order valence-electron chi connectivity index (χ1n) is 9.30. The topological polar surface area (TPSA) is 105 Å². The quantitative estimate of drug-likeness (QED) is 0.611. The first-order chi connectivity index (χ1) is 13.9. The van der Waals surface area contributed by atoms with Gasteiger partial charge >= 0.3 is 0 Å². The fourth-order valence-electron chi connectivity index (χ4n) is 3.90. The normalized spacial score (nSPS) is 17.3. The SMILES string of the molecule is CC(C)C(C(=O)Nc1ccc(C#N)cc1)N1Cc2c(Cl)cnc3[nH]cc(c23)C1O. The van der Waals surface area contributed by atoms with Crippen LogP contribution in [0.3, 0.4) is 0 Å². The van der Waals surface area contributed by atoms with Gasteiger partial charge in [-0.15, -0.1) is 0 Å². The molecule has 0 spiro atoms. The van der Waals surface area contributed by atoms with Crippen molar-refractivity contribution in [3.8, 4) is 6.07 Å². The second-order valence-corrected chi connectivity index (χ2v) is 7.87. The number of aliphatic hydroxyl groups excluding tert-OH is 1. The summed E-state index contributed by atoms with van der Waals surface area (Å²) in [7, 11) is 0. The van der Waals surface area contributed by atoms with Crippen LogP contribution in [0.5, 0.6) is 0 Å². The molecule has 3 heterocycles. The Bertz CT molecular complexity index is 1120. The Morgan fingerprint density at radius 3 is 2.79 bits per heavy atom. The standard InChI is InChI=1S/C21H20ClN5O2/c1-11(2)18(20(28)26-13-5-3-12(7-23)4-6-13)27-10-15-16(22)9-25-19-17(15)14(8-24-19)21(27)29/h3-6,8-9,11,18,21,29H,10H2,1-2H3,(H,24,25)(H,26,28). The molecular weight excluding hydrogens is 390 g/mol. The van der Waals surface area contributed by atoms with Crippen LogP contribution in [0.2, 0.25) is 5.02 Å². The number of halogens is 1. The predicted octanol–water partition coefficient (Wildman–Crippen LogP) is 3.56. The van der Waals surface area contributed by atoms with Crippen molar-refractivity contribution < 1.29 is 9.90 Å². The first kappa shape index (κ1) is 19.4. The molecule has 0 aliphatic carbocycles. The minimum absolute atomic E-state index is 0.0698. The van der Waals surface area contributed by atoms with E-state index in [2.05, 4.69) is 21.4 Å². The van der Waals surface area contributed by atoms with Gasteiger partial charge in [-0.05, 0) is 35.7 Å². The summed E-state index contributed by atoms with van der Waals surface area (Å²) in [5, 5.41) is 24.2. The number of aliphatic hydroxyl groups is 1. The average molecular weight is 410 g/mol. The lowest BCUT2D eigenvalue weighted by Crippen LogP contribution is -2.49. The van der Waals surface area contributed by atoms with Gasteiger partial charge in [0.15, 0.2) is 0 Å². The van der Waals surface area contributed by atoms with Gasteiger partial charge in [0.1, 0.15) is 11.9 Å². The van der Waals surface area contributed by atoms with Crippen LogP contribution in [0.1, 0.15) is 36.8 Å². The Hall–Kier alpha value is -2.92. The zero-order valence-electron chi connectivity index (χ0n) is 16.0. The highest BCUT2D eigenvalue weighted by atomic mass is 35.5. The number of hydrogen-bond acceptors (Lipinski definition) is 5. The van der Waals surface area contributed by atoms with Crippen molar-refractivity contribution in [2.75, 3.05) is 5.32 Å². The number of nitrogens with zero attached hydrogens (tertiary/aromatic N) is 3. The Balaban J connectivity index is 1.65. The van der Waals surface area contributed by atoms with E-state index in [4.69, 9.17) is 16.9 Å². The number of amides is 1. The highest BCUT2D eigenvalue weighted by Crippen LogP contribution is 2.40. The molecule has 1 aromatic carbocycles. The van der Waals surface area contributed by atoms with Crippen molar-refractivity contribution >= 4 is 34.2 Å². The molecule has 3 aromatic rings. The number of aromatic nitrogens is 2. The Morgan fingerprint density at radius 2 is 2.14 bits per heavy atom. The summed E-state index contributed by atoms with van der Waals surface area (Å²) in [5.41, 5.74) is 3.29. The highest BCUT2D eigenvalue weighted by molar-refractivity contribution is 6.32. The molecule has 7 nitrogen and oxygen atoms in total. The van der Waals surface area contributed by atoms with Crippen LogP contribution in [0, 0.1) is 17.2 Å². The lowest BCUT2D eigenvalue weighted by Gasteiger charge is -2.39. The lowest BCUT2D eigenvalue weighted by molar-refractivity contribution is -0.130. The summed E-state index contributed by atoms with van der Waals surface area (Å²) in [6, 6.07) is 8.13. The fourth-order valence-corrected chi connectivity index (χ4v) is 4.10. The summed E-state index contributed by atoms with van der Waals surface area (Å²) < 4.78 is 0. The number of hydrogen-bond donors (Lipinski definition) is 3. The van der Waals surface area contributed by atoms with E-state index < -0.39 is 12.3 Å². The van der Waals surface area contributed by atoms with Gasteiger partial charge in [-0.3, -0.25) is 9.69 Å². The Kier molecular flexibility index (Phi) is 5.01. The maximum Gasteiger partial charge on any atom is 0.242 e. The third-order valence-electron chi connectivity index (χ3n) is 5.26. The van der Waals surface area contributed by atoms with Crippen molar-refractivity contribution in [1.29, 1.82) is 5.26 Å². The van der Waals surface area contributed by atoms with Crippen molar-refractivity contribution in [2.24, 2.45) is 5.92 Å². The molecule has 2 aromatic heterocycles. The molecule has 148 valence electrons. The van der Waals surface area contributed by atoms with E-state index >= 15 is 0 Å². The molecule has 0 fully saturated rings. The van der Waals surface area contributed by atoms with Gasteiger partial charge in [0.25, 0.3) is 0 Å². The monoisotopic (exact) mass is 409 g/mol. The third-order valence-corrected chi connectivity index (χ3v) is 5.58. The number of benzene rings is 1. The zero-order chi connectivity index (χ0) is 20.7. The van der Waals surface area contributed by atoms with Crippen molar-refractivity contribution in [2.45, 2.75) is 32.7 Å². The minimum Gasteiger partial charge on any atom is -0.374 e. The second-order valence-electron chi connectivity index (χ2n) is 7.47. The van der Waals surface area contributed by atoms with E-state index in [1.165, 1.54) is 0 Å². The van der Waals surface area contributed by atoms with Gasteiger partial charge in [0.2, 0.25) is 5.91 Å². The van der Waals surface area contributed by atoms with Crippen LogP contribution in [0.15, 0.2) is 36.7 Å². The number of pyridine rings is 1. The van der Waals surface area contributed by atoms with Crippen LogP contribution in [0.4, 0.5) is 5.69 Å². The molecule has 1 amide bonds. The largest absolute Gasteiger partial charge is 0.374 e.